The number of ketones is 1. The van der Waals surface area contributed by atoms with Gasteiger partial charge in [0.1, 0.15) is 7.28 Å². The second kappa shape index (κ2) is 5.15. The topological polar surface area (TPSA) is 17.1 Å². The van der Waals surface area contributed by atoms with Crippen LogP contribution in [0.2, 0.25) is 6.82 Å². The molecule has 4 heteroatoms. The summed E-state index contributed by atoms with van der Waals surface area (Å²) in [6.45, 7) is 1.99. The van der Waals surface area contributed by atoms with Gasteiger partial charge >= 0.3 is 0 Å². The van der Waals surface area contributed by atoms with E-state index in [1.807, 2.05) is 32.3 Å². The van der Waals surface area contributed by atoms with Crippen molar-refractivity contribution in [2.24, 2.45) is 0 Å². The summed E-state index contributed by atoms with van der Waals surface area (Å²) >= 11 is 5.39. The maximum atomic E-state index is 11.3. The Balaban J connectivity index is 3.02. The second-order valence-electron chi connectivity index (χ2n) is 2.58. The van der Waals surface area contributed by atoms with Gasteiger partial charge in [-0.05, 0) is 28.7 Å². The average molecular weight is 350 g/mol. The molecule has 0 spiro atoms. The number of hydrogen-bond acceptors (Lipinski definition) is 1. The molecular formula is C9H8BBrIO. The SMILES string of the molecule is C[B]c1ccc(C(=O)CBr)cc1I. The molecule has 1 rings (SSSR count). The lowest BCUT2D eigenvalue weighted by Crippen LogP contribution is -2.15. The van der Waals surface area contributed by atoms with Crippen molar-refractivity contribution in [3.8, 4) is 0 Å². The van der Waals surface area contributed by atoms with Crippen LogP contribution in [0.4, 0.5) is 0 Å². The number of hydrogen-bond donors (Lipinski definition) is 0. The van der Waals surface area contributed by atoms with E-state index in [-0.39, 0.29) is 5.78 Å². The summed E-state index contributed by atoms with van der Waals surface area (Å²) in [5, 5.41) is 0.387. The smallest absolute Gasteiger partial charge is 0.173 e. The third kappa shape index (κ3) is 2.81. The van der Waals surface area contributed by atoms with Gasteiger partial charge in [0.25, 0.3) is 0 Å². The van der Waals surface area contributed by atoms with Crippen LogP contribution in [0.5, 0.6) is 0 Å². The molecule has 0 saturated heterocycles. The quantitative estimate of drug-likeness (QED) is 0.354. The number of halogens is 2. The minimum absolute atomic E-state index is 0.126. The maximum Gasteiger partial charge on any atom is 0.173 e. The zero-order chi connectivity index (χ0) is 9.84. The molecule has 0 aromatic heterocycles. The third-order valence-corrected chi connectivity index (χ3v) is 3.20. The van der Waals surface area contributed by atoms with Crippen molar-refractivity contribution in [2.45, 2.75) is 6.82 Å². The maximum absolute atomic E-state index is 11.3. The lowest BCUT2D eigenvalue weighted by atomic mass is 9.73. The highest BCUT2D eigenvalue weighted by Crippen LogP contribution is 2.07. The highest BCUT2D eigenvalue weighted by Gasteiger charge is 2.05. The molecule has 0 bridgehead atoms. The summed E-state index contributed by atoms with van der Waals surface area (Å²) in [6, 6.07) is 5.75. The van der Waals surface area contributed by atoms with Crippen LogP contribution in [0.3, 0.4) is 0 Å². The van der Waals surface area contributed by atoms with Crippen molar-refractivity contribution in [1.29, 1.82) is 0 Å². The van der Waals surface area contributed by atoms with E-state index in [9.17, 15) is 4.79 Å². The Bertz CT molecular complexity index is 327. The van der Waals surface area contributed by atoms with Crippen molar-refractivity contribution in [3.05, 3.63) is 27.3 Å². The first-order valence-electron chi connectivity index (χ1n) is 3.87. The van der Waals surface area contributed by atoms with Crippen LogP contribution in [-0.2, 0) is 0 Å². The number of Topliss-reactive ketones (excluding diaryl/α,β-unsaturated/α-hetero) is 1. The van der Waals surface area contributed by atoms with E-state index in [0.29, 0.717) is 5.33 Å². The van der Waals surface area contributed by atoms with Gasteiger partial charge in [-0.3, -0.25) is 4.79 Å². The Hall–Kier alpha value is 0.165. The van der Waals surface area contributed by atoms with Crippen molar-refractivity contribution in [1.82, 2.24) is 0 Å². The van der Waals surface area contributed by atoms with E-state index in [2.05, 4.69) is 38.5 Å². The molecule has 67 valence electrons. The van der Waals surface area contributed by atoms with E-state index in [0.717, 1.165) is 9.13 Å². The Morgan fingerprint density at radius 1 is 1.62 bits per heavy atom. The Labute approximate surface area is 101 Å². The molecule has 0 fully saturated rings. The minimum Gasteiger partial charge on any atom is -0.293 e. The molecular weight excluding hydrogens is 342 g/mol. The van der Waals surface area contributed by atoms with E-state index in [1.54, 1.807) is 0 Å². The average Bonchev–Trinajstić information content (AvgIpc) is 2.16. The van der Waals surface area contributed by atoms with Crippen molar-refractivity contribution < 1.29 is 4.79 Å². The molecule has 0 atom stereocenters. The van der Waals surface area contributed by atoms with Crippen LogP contribution >= 0.6 is 38.5 Å². The lowest BCUT2D eigenvalue weighted by molar-refractivity contribution is 0.102. The molecule has 1 nitrogen and oxygen atoms in total. The Morgan fingerprint density at radius 2 is 2.31 bits per heavy atom. The van der Waals surface area contributed by atoms with Crippen LogP contribution in [0, 0.1) is 3.57 Å². The van der Waals surface area contributed by atoms with Gasteiger partial charge in [0.15, 0.2) is 5.78 Å². The third-order valence-electron chi connectivity index (χ3n) is 1.75. The lowest BCUT2D eigenvalue weighted by Gasteiger charge is -2.02. The first-order valence-corrected chi connectivity index (χ1v) is 6.07. The molecule has 1 aromatic carbocycles. The first kappa shape index (κ1) is 11.2. The largest absolute Gasteiger partial charge is 0.293 e. The summed E-state index contributed by atoms with van der Waals surface area (Å²) in [7, 11) is 2.03. The molecule has 13 heavy (non-hydrogen) atoms. The van der Waals surface area contributed by atoms with Crippen LogP contribution in [0.15, 0.2) is 18.2 Å². The fourth-order valence-electron chi connectivity index (χ4n) is 1.01. The predicted molar refractivity (Wildman–Crippen MR) is 68.5 cm³/mol. The Morgan fingerprint density at radius 3 is 2.77 bits per heavy atom. The van der Waals surface area contributed by atoms with Crippen LogP contribution in [0.1, 0.15) is 10.4 Å². The number of carbonyl (C=O) groups excluding carboxylic acids is 1. The molecule has 0 saturated carbocycles. The molecule has 0 heterocycles. The number of alkyl halides is 1. The van der Waals surface area contributed by atoms with E-state index < -0.39 is 0 Å². The molecule has 0 aliphatic carbocycles. The molecule has 0 amide bonds. The van der Waals surface area contributed by atoms with Crippen molar-refractivity contribution in [3.63, 3.8) is 0 Å². The minimum atomic E-state index is 0.126. The molecule has 1 radical (unpaired) electrons. The fraction of sp³-hybridized carbons (Fsp3) is 0.222. The zero-order valence-electron chi connectivity index (χ0n) is 7.18. The highest BCUT2D eigenvalue weighted by molar-refractivity contribution is 14.1. The summed E-state index contributed by atoms with van der Waals surface area (Å²) < 4.78 is 1.12. The van der Waals surface area contributed by atoms with Gasteiger partial charge in [0.05, 0.1) is 5.33 Å². The van der Waals surface area contributed by atoms with Gasteiger partial charge in [-0.25, -0.2) is 0 Å². The van der Waals surface area contributed by atoms with Crippen LogP contribution in [-0.4, -0.2) is 18.4 Å². The summed E-state index contributed by atoms with van der Waals surface area (Å²) in [4.78, 5) is 11.3. The highest BCUT2D eigenvalue weighted by atomic mass is 127. The van der Waals surface area contributed by atoms with Crippen molar-refractivity contribution >= 4 is 57.0 Å². The summed E-state index contributed by atoms with van der Waals surface area (Å²) in [6.07, 6.45) is 0. The predicted octanol–water partition coefficient (Wildman–Crippen LogP) is 2.25. The second-order valence-corrected chi connectivity index (χ2v) is 4.30. The van der Waals surface area contributed by atoms with E-state index in [4.69, 9.17) is 0 Å². The van der Waals surface area contributed by atoms with Gasteiger partial charge in [-0.2, -0.15) is 0 Å². The fourth-order valence-corrected chi connectivity index (χ4v) is 2.16. The zero-order valence-corrected chi connectivity index (χ0v) is 10.9. The van der Waals surface area contributed by atoms with E-state index >= 15 is 0 Å². The van der Waals surface area contributed by atoms with Gasteiger partial charge in [-0.15, -0.1) is 0 Å². The molecule has 0 aliphatic heterocycles. The molecule has 1 aromatic rings. The van der Waals surface area contributed by atoms with E-state index in [1.165, 1.54) is 5.46 Å². The normalized spacial score (nSPS) is 9.77. The molecule has 0 unspecified atom stereocenters. The molecule has 0 N–H and O–H groups in total. The number of benzene rings is 1. The Kier molecular flexibility index (Phi) is 4.45. The number of rotatable bonds is 3. The van der Waals surface area contributed by atoms with Crippen molar-refractivity contribution in [2.75, 3.05) is 5.33 Å². The summed E-state index contributed by atoms with van der Waals surface area (Å²) in [5.41, 5.74) is 1.94. The van der Waals surface area contributed by atoms with Crippen LogP contribution in [0.25, 0.3) is 0 Å². The number of carbonyl (C=O) groups is 1. The van der Waals surface area contributed by atoms with Crippen LogP contribution < -0.4 is 5.46 Å². The monoisotopic (exact) mass is 349 g/mol. The summed E-state index contributed by atoms with van der Waals surface area (Å²) in [5.74, 6) is 0.126. The molecule has 0 aliphatic rings. The first-order chi connectivity index (χ1) is 6.19. The standard InChI is InChI=1S/C9H8BBrIO/c1-10-7-3-2-6(4-8(7)12)9(13)5-11/h2-4H,5H2,1H3. The van der Waals surface area contributed by atoms with Gasteiger partial charge in [0.2, 0.25) is 0 Å². The van der Waals surface area contributed by atoms with Gasteiger partial charge < -0.3 is 0 Å². The van der Waals surface area contributed by atoms with Gasteiger partial charge in [0, 0.05) is 9.13 Å². The van der Waals surface area contributed by atoms with Gasteiger partial charge in [-0.1, -0.05) is 40.3 Å².